The Kier molecular flexibility index (Phi) is 2.66. The van der Waals surface area contributed by atoms with Crippen molar-refractivity contribution in [2.45, 2.75) is 20.3 Å². The van der Waals surface area contributed by atoms with Crippen LogP contribution in [0.2, 0.25) is 0 Å². The van der Waals surface area contributed by atoms with Gasteiger partial charge in [0.15, 0.2) is 0 Å². The van der Waals surface area contributed by atoms with Gasteiger partial charge in [-0.2, -0.15) is 5.26 Å². The van der Waals surface area contributed by atoms with Crippen LogP contribution in [0.4, 0.5) is 0 Å². The molecule has 0 radical (unpaired) electrons. The van der Waals surface area contributed by atoms with E-state index in [4.69, 9.17) is 5.26 Å². The minimum Gasteiger partial charge on any atom is -0.192 e. The molecular formula is C15H15N. The van der Waals surface area contributed by atoms with Crippen molar-refractivity contribution < 1.29 is 0 Å². The zero-order chi connectivity index (χ0) is 11.6. The van der Waals surface area contributed by atoms with Crippen LogP contribution in [-0.4, -0.2) is 0 Å². The third-order valence-electron chi connectivity index (χ3n) is 3.29. The molecule has 0 saturated heterocycles. The van der Waals surface area contributed by atoms with Crippen LogP contribution in [0.15, 0.2) is 59.3 Å². The average Bonchev–Trinajstić information content (AvgIpc) is 2.29. The van der Waals surface area contributed by atoms with Gasteiger partial charge in [0.2, 0.25) is 0 Å². The highest BCUT2D eigenvalue weighted by atomic mass is 14.3. The molecule has 0 aliphatic heterocycles. The van der Waals surface area contributed by atoms with Crippen molar-refractivity contribution >= 4 is 0 Å². The lowest BCUT2D eigenvalue weighted by Gasteiger charge is -2.33. The summed E-state index contributed by atoms with van der Waals surface area (Å²) in [6.45, 7) is 4.13. The summed E-state index contributed by atoms with van der Waals surface area (Å²) < 4.78 is 0. The summed E-state index contributed by atoms with van der Waals surface area (Å²) >= 11 is 0. The number of allylic oxidation sites excluding steroid dienone is 10. The Labute approximate surface area is 96.8 Å². The van der Waals surface area contributed by atoms with Gasteiger partial charge in [0.25, 0.3) is 0 Å². The van der Waals surface area contributed by atoms with E-state index >= 15 is 0 Å². The van der Waals surface area contributed by atoms with Gasteiger partial charge in [-0.05, 0) is 24.5 Å². The van der Waals surface area contributed by atoms with Gasteiger partial charge in [0.05, 0.1) is 11.6 Å². The highest BCUT2D eigenvalue weighted by molar-refractivity contribution is 5.52. The fraction of sp³-hybridized carbons (Fsp3) is 0.267. The number of nitrogens with zero attached hydrogens (tertiary/aromatic N) is 1. The summed E-state index contributed by atoms with van der Waals surface area (Å²) in [4.78, 5) is 0. The van der Waals surface area contributed by atoms with E-state index in [1.165, 1.54) is 5.57 Å². The summed E-state index contributed by atoms with van der Waals surface area (Å²) in [5.74, 6) is 0. The van der Waals surface area contributed by atoms with Crippen LogP contribution in [0.1, 0.15) is 20.3 Å². The maximum Gasteiger partial charge on any atom is 0.0991 e. The van der Waals surface area contributed by atoms with Crippen molar-refractivity contribution in [2.24, 2.45) is 5.41 Å². The molecule has 0 aromatic heterocycles. The van der Waals surface area contributed by atoms with Crippen LogP contribution in [0.25, 0.3) is 0 Å². The maximum atomic E-state index is 9.05. The molecule has 1 nitrogen and oxygen atoms in total. The Morgan fingerprint density at radius 3 is 2.94 bits per heavy atom. The van der Waals surface area contributed by atoms with Crippen LogP contribution in [-0.2, 0) is 0 Å². The lowest BCUT2D eigenvalue weighted by Crippen LogP contribution is -2.20. The van der Waals surface area contributed by atoms with Gasteiger partial charge in [-0.3, -0.25) is 0 Å². The minimum atomic E-state index is 0.0595. The molecule has 0 bridgehead atoms. The number of hydrogen-bond acceptors (Lipinski definition) is 1. The molecule has 1 unspecified atom stereocenters. The normalized spacial score (nSPS) is 27.9. The van der Waals surface area contributed by atoms with Crippen LogP contribution in [0, 0.1) is 16.7 Å². The molecule has 1 heteroatoms. The molecular weight excluding hydrogens is 194 g/mol. The monoisotopic (exact) mass is 209 g/mol. The van der Waals surface area contributed by atoms with Gasteiger partial charge in [-0.15, -0.1) is 0 Å². The van der Waals surface area contributed by atoms with Gasteiger partial charge in [-0.1, -0.05) is 49.5 Å². The molecule has 0 amide bonds. The quantitative estimate of drug-likeness (QED) is 0.602. The number of hydrogen-bond donors (Lipinski definition) is 0. The van der Waals surface area contributed by atoms with E-state index in [1.807, 2.05) is 13.0 Å². The summed E-state index contributed by atoms with van der Waals surface area (Å²) in [6.07, 6.45) is 15.5. The van der Waals surface area contributed by atoms with Gasteiger partial charge in [-0.25, -0.2) is 0 Å². The van der Waals surface area contributed by atoms with Crippen molar-refractivity contribution in [3.8, 4) is 6.07 Å². The topological polar surface area (TPSA) is 23.8 Å². The van der Waals surface area contributed by atoms with Crippen LogP contribution < -0.4 is 0 Å². The van der Waals surface area contributed by atoms with E-state index in [9.17, 15) is 0 Å². The van der Waals surface area contributed by atoms with Gasteiger partial charge >= 0.3 is 0 Å². The smallest absolute Gasteiger partial charge is 0.0991 e. The van der Waals surface area contributed by atoms with Crippen LogP contribution in [0.5, 0.6) is 0 Å². The molecule has 0 spiro atoms. The first-order chi connectivity index (χ1) is 7.69. The predicted octanol–water partition coefficient (Wildman–Crippen LogP) is 3.85. The fourth-order valence-corrected chi connectivity index (χ4v) is 2.27. The first kappa shape index (κ1) is 10.7. The first-order valence-corrected chi connectivity index (χ1v) is 5.53. The van der Waals surface area contributed by atoms with Crippen molar-refractivity contribution in [1.29, 1.82) is 5.26 Å². The van der Waals surface area contributed by atoms with E-state index in [0.717, 1.165) is 17.6 Å². The number of rotatable bonds is 1. The molecule has 0 aromatic carbocycles. The van der Waals surface area contributed by atoms with Crippen molar-refractivity contribution in [2.75, 3.05) is 0 Å². The Bertz CT molecular complexity index is 492. The molecule has 2 rings (SSSR count). The second-order valence-electron chi connectivity index (χ2n) is 4.44. The predicted molar refractivity (Wildman–Crippen MR) is 66.5 cm³/mol. The summed E-state index contributed by atoms with van der Waals surface area (Å²) in [6, 6.07) is 2.26. The highest BCUT2D eigenvalue weighted by Crippen LogP contribution is 2.42. The molecule has 0 aromatic rings. The third kappa shape index (κ3) is 1.67. The molecule has 1 atom stereocenters. The van der Waals surface area contributed by atoms with Crippen molar-refractivity contribution in [3.63, 3.8) is 0 Å². The zero-order valence-electron chi connectivity index (χ0n) is 9.70. The number of fused-ring (bicyclic) bond motifs is 1. The Morgan fingerprint density at radius 1 is 1.44 bits per heavy atom. The van der Waals surface area contributed by atoms with Gasteiger partial charge in [0.1, 0.15) is 0 Å². The van der Waals surface area contributed by atoms with E-state index in [0.29, 0.717) is 0 Å². The van der Waals surface area contributed by atoms with Crippen LogP contribution >= 0.6 is 0 Å². The Morgan fingerprint density at radius 2 is 2.25 bits per heavy atom. The average molecular weight is 209 g/mol. The molecule has 80 valence electrons. The molecule has 2 aliphatic rings. The van der Waals surface area contributed by atoms with E-state index in [1.54, 1.807) is 0 Å². The largest absolute Gasteiger partial charge is 0.192 e. The zero-order valence-corrected chi connectivity index (χ0v) is 9.70. The molecule has 0 saturated carbocycles. The van der Waals surface area contributed by atoms with Crippen molar-refractivity contribution in [1.82, 2.24) is 0 Å². The fourth-order valence-electron chi connectivity index (χ4n) is 2.27. The standard InChI is InChI=1S/C15H15N/c1-3-12(11-16)13-7-8-14-6-4-5-9-15(14,2)10-13/h3-9H,10H2,1-2H3/b12-3+. The SMILES string of the molecule is C/C=C(\C#N)C1=CC=C2C=CC=CC2(C)C1. The third-order valence-corrected chi connectivity index (χ3v) is 3.29. The molecule has 2 aliphatic carbocycles. The second kappa shape index (κ2) is 3.98. The van der Waals surface area contributed by atoms with Crippen molar-refractivity contribution in [3.05, 3.63) is 59.3 Å². The summed E-state index contributed by atoms with van der Waals surface area (Å²) in [5.41, 5.74) is 3.31. The van der Waals surface area contributed by atoms with Gasteiger partial charge < -0.3 is 0 Å². The van der Waals surface area contributed by atoms with Crippen LogP contribution in [0.3, 0.4) is 0 Å². The summed E-state index contributed by atoms with van der Waals surface area (Å²) in [7, 11) is 0. The van der Waals surface area contributed by atoms with E-state index < -0.39 is 0 Å². The second-order valence-corrected chi connectivity index (χ2v) is 4.44. The highest BCUT2D eigenvalue weighted by Gasteiger charge is 2.30. The molecule has 16 heavy (non-hydrogen) atoms. The number of nitriles is 1. The van der Waals surface area contributed by atoms with E-state index in [-0.39, 0.29) is 5.41 Å². The van der Waals surface area contributed by atoms with Gasteiger partial charge in [0, 0.05) is 5.41 Å². The maximum absolute atomic E-state index is 9.05. The minimum absolute atomic E-state index is 0.0595. The molecule has 0 fully saturated rings. The van der Waals surface area contributed by atoms with E-state index in [2.05, 4.69) is 49.4 Å². The molecule has 0 heterocycles. The lowest BCUT2D eigenvalue weighted by molar-refractivity contribution is 0.514. The summed E-state index contributed by atoms with van der Waals surface area (Å²) in [5, 5.41) is 9.05. The lowest BCUT2D eigenvalue weighted by atomic mass is 9.70. The first-order valence-electron chi connectivity index (χ1n) is 5.53. The Hall–Kier alpha value is -1.81. The molecule has 0 N–H and O–H groups in total. The Balaban J connectivity index is 2.40.